The quantitative estimate of drug-likeness (QED) is 0.511. The van der Waals surface area contributed by atoms with E-state index in [2.05, 4.69) is 59.0 Å². The fraction of sp³-hybridized carbons (Fsp3) is 0.500. The Bertz CT molecular complexity index is 445. The van der Waals surface area contributed by atoms with E-state index < -0.39 is 0 Å². The highest BCUT2D eigenvalue weighted by Gasteiger charge is 2.21. The number of guanidine groups is 1. The average Bonchev–Trinajstić information content (AvgIpc) is 2.53. The molecule has 1 heterocycles. The number of hydrogen-bond acceptors (Lipinski definition) is 1. The Balaban J connectivity index is 1.85. The van der Waals surface area contributed by atoms with Crippen LogP contribution in [0.25, 0.3) is 0 Å². The molecule has 0 aromatic heterocycles. The first kappa shape index (κ1) is 15.6. The van der Waals surface area contributed by atoms with Gasteiger partial charge in [0.15, 0.2) is 5.96 Å². The van der Waals surface area contributed by atoms with Crippen LogP contribution in [-0.4, -0.2) is 37.0 Å². The molecule has 1 aromatic rings. The first-order valence-corrected chi connectivity index (χ1v) is 8.01. The minimum Gasteiger partial charge on any atom is -0.357 e. The molecule has 0 amide bonds. The molecule has 1 aliphatic heterocycles. The second kappa shape index (κ2) is 8.50. The second-order valence-corrected chi connectivity index (χ2v) is 5.60. The van der Waals surface area contributed by atoms with Gasteiger partial charge in [-0.05, 0) is 37.7 Å². The molecule has 0 radical (unpaired) electrons. The highest BCUT2D eigenvalue weighted by Crippen LogP contribution is 2.21. The van der Waals surface area contributed by atoms with Gasteiger partial charge < -0.3 is 10.2 Å². The maximum absolute atomic E-state index is 4.58. The number of hydrogen-bond donors (Lipinski definition) is 1. The van der Waals surface area contributed by atoms with Crippen molar-refractivity contribution in [2.24, 2.45) is 10.9 Å². The average molecular weight is 285 g/mol. The lowest BCUT2D eigenvalue weighted by atomic mass is 9.90. The third-order valence-electron chi connectivity index (χ3n) is 3.99. The summed E-state index contributed by atoms with van der Waals surface area (Å²) in [7, 11) is 0. The first-order valence-electron chi connectivity index (χ1n) is 8.01. The molecule has 0 spiro atoms. The Labute approximate surface area is 128 Å². The van der Waals surface area contributed by atoms with E-state index in [4.69, 9.17) is 0 Å². The second-order valence-electron chi connectivity index (χ2n) is 5.60. The van der Waals surface area contributed by atoms with Gasteiger partial charge in [-0.15, -0.1) is 6.58 Å². The minimum absolute atomic E-state index is 0.687. The van der Waals surface area contributed by atoms with Crippen LogP contribution in [0.15, 0.2) is 48.0 Å². The van der Waals surface area contributed by atoms with Gasteiger partial charge in [0.1, 0.15) is 0 Å². The van der Waals surface area contributed by atoms with Crippen LogP contribution in [0.4, 0.5) is 0 Å². The van der Waals surface area contributed by atoms with Crippen molar-refractivity contribution in [2.45, 2.75) is 26.2 Å². The van der Waals surface area contributed by atoms with Crippen molar-refractivity contribution >= 4 is 5.96 Å². The Morgan fingerprint density at radius 2 is 2.05 bits per heavy atom. The van der Waals surface area contributed by atoms with Crippen LogP contribution in [0, 0.1) is 5.92 Å². The molecule has 1 fully saturated rings. The highest BCUT2D eigenvalue weighted by molar-refractivity contribution is 5.80. The largest absolute Gasteiger partial charge is 0.357 e. The molecule has 0 aliphatic carbocycles. The predicted octanol–water partition coefficient (Wildman–Crippen LogP) is 3.09. The molecular formula is C18H27N3. The zero-order chi connectivity index (χ0) is 14.9. The molecule has 0 saturated carbocycles. The Hall–Kier alpha value is -1.77. The van der Waals surface area contributed by atoms with Gasteiger partial charge in [-0.3, -0.25) is 0 Å². The smallest absolute Gasteiger partial charge is 0.194 e. The molecule has 1 saturated heterocycles. The SMILES string of the molecule is C=CCN=C(NCC)N1CCC(Cc2ccccc2)CC1. The van der Waals surface area contributed by atoms with E-state index in [9.17, 15) is 0 Å². The molecule has 2 rings (SSSR count). The molecular weight excluding hydrogens is 258 g/mol. The molecule has 0 atom stereocenters. The maximum Gasteiger partial charge on any atom is 0.194 e. The zero-order valence-corrected chi connectivity index (χ0v) is 13.1. The Morgan fingerprint density at radius 3 is 2.67 bits per heavy atom. The molecule has 0 unspecified atom stereocenters. The summed E-state index contributed by atoms with van der Waals surface area (Å²) in [5, 5.41) is 3.38. The van der Waals surface area contributed by atoms with Crippen LogP contribution >= 0.6 is 0 Å². The van der Waals surface area contributed by atoms with Gasteiger partial charge in [-0.2, -0.15) is 0 Å². The summed E-state index contributed by atoms with van der Waals surface area (Å²) in [6.07, 6.45) is 5.54. The topological polar surface area (TPSA) is 27.6 Å². The number of nitrogens with one attached hydrogen (secondary N) is 1. The Kier molecular flexibility index (Phi) is 6.32. The van der Waals surface area contributed by atoms with Crippen LogP contribution in [0.5, 0.6) is 0 Å². The zero-order valence-electron chi connectivity index (χ0n) is 13.1. The van der Waals surface area contributed by atoms with Crippen LogP contribution in [0.3, 0.4) is 0 Å². The number of aliphatic imine (C=N–C) groups is 1. The molecule has 1 aromatic carbocycles. The lowest BCUT2D eigenvalue weighted by Crippen LogP contribution is -2.45. The predicted molar refractivity (Wildman–Crippen MR) is 90.6 cm³/mol. The van der Waals surface area contributed by atoms with Crippen LogP contribution in [0.2, 0.25) is 0 Å². The lowest BCUT2D eigenvalue weighted by molar-refractivity contribution is 0.259. The van der Waals surface area contributed by atoms with Crippen molar-refractivity contribution in [1.82, 2.24) is 10.2 Å². The van der Waals surface area contributed by atoms with E-state index in [1.807, 2.05) is 6.08 Å². The van der Waals surface area contributed by atoms with Crippen molar-refractivity contribution in [2.75, 3.05) is 26.2 Å². The fourth-order valence-electron chi connectivity index (χ4n) is 2.87. The van der Waals surface area contributed by atoms with Gasteiger partial charge in [0.05, 0.1) is 6.54 Å². The number of benzene rings is 1. The van der Waals surface area contributed by atoms with E-state index in [1.165, 1.54) is 24.8 Å². The third-order valence-corrected chi connectivity index (χ3v) is 3.99. The number of rotatable bonds is 5. The van der Waals surface area contributed by atoms with E-state index in [1.54, 1.807) is 0 Å². The van der Waals surface area contributed by atoms with Crippen molar-refractivity contribution in [3.05, 3.63) is 48.6 Å². The van der Waals surface area contributed by atoms with Gasteiger partial charge in [0.2, 0.25) is 0 Å². The summed E-state index contributed by atoms with van der Waals surface area (Å²) in [5.41, 5.74) is 1.46. The van der Waals surface area contributed by atoms with E-state index >= 15 is 0 Å². The molecule has 1 aliphatic rings. The summed E-state index contributed by atoms with van der Waals surface area (Å²) >= 11 is 0. The van der Waals surface area contributed by atoms with Gasteiger partial charge in [-0.25, -0.2) is 4.99 Å². The fourth-order valence-corrected chi connectivity index (χ4v) is 2.87. The first-order chi connectivity index (χ1) is 10.3. The third kappa shape index (κ3) is 4.92. The van der Waals surface area contributed by atoms with Crippen molar-refractivity contribution in [3.63, 3.8) is 0 Å². The molecule has 21 heavy (non-hydrogen) atoms. The van der Waals surface area contributed by atoms with E-state index in [0.29, 0.717) is 6.54 Å². The molecule has 114 valence electrons. The summed E-state index contributed by atoms with van der Waals surface area (Å²) in [5.74, 6) is 1.83. The van der Waals surface area contributed by atoms with Crippen LogP contribution in [-0.2, 0) is 6.42 Å². The van der Waals surface area contributed by atoms with Gasteiger partial charge in [-0.1, -0.05) is 36.4 Å². The highest BCUT2D eigenvalue weighted by atomic mass is 15.3. The van der Waals surface area contributed by atoms with E-state index in [0.717, 1.165) is 31.5 Å². The molecule has 3 nitrogen and oxygen atoms in total. The number of likely N-dealkylation sites (tertiary alicyclic amines) is 1. The van der Waals surface area contributed by atoms with Crippen LogP contribution < -0.4 is 5.32 Å². The van der Waals surface area contributed by atoms with E-state index in [-0.39, 0.29) is 0 Å². The monoisotopic (exact) mass is 285 g/mol. The molecule has 1 N–H and O–H groups in total. The number of nitrogens with zero attached hydrogens (tertiary/aromatic N) is 2. The Morgan fingerprint density at radius 1 is 1.33 bits per heavy atom. The summed E-state index contributed by atoms with van der Waals surface area (Å²) < 4.78 is 0. The number of piperidine rings is 1. The molecule has 3 heteroatoms. The lowest BCUT2D eigenvalue weighted by Gasteiger charge is -2.34. The minimum atomic E-state index is 0.687. The maximum atomic E-state index is 4.58. The van der Waals surface area contributed by atoms with Crippen molar-refractivity contribution in [1.29, 1.82) is 0 Å². The molecule has 0 bridgehead atoms. The van der Waals surface area contributed by atoms with Crippen LogP contribution in [0.1, 0.15) is 25.3 Å². The van der Waals surface area contributed by atoms with Crippen molar-refractivity contribution < 1.29 is 0 Å². The summed E-state index contributed by atoms with van der Waals surface area (Å²) in [4.78, 5) is 6.96. The summed E-state index contributed by atoms with van der Waals surface area (Å²) in [6, 6.07) is 10.8. The van der Waals surface area contributed by atoms with Gasteiger partial charge >= 0.3 is 0 Å². The normalized spacial score (nSPS) is 16.8. The van der Waals surface area contributed by atoms with Gasteiger partial charge in [0.25, 0.3) is 0 Å². The standard InChI is InChI=1S/C18H27N3/c1-3-12-20-18(19-4-2)21-13-10-17(11-14-21)15-16-8-6-5-7-9-16/h3,5-9,17H,1,4,10-15H2,2H3,(H,19,20). The summed E-state index contributed by atoms with van der Waals surface area (Å²) in [6.45, 7) is 9.66. The van der Waals surface area contributed by atoms with Crippen molar-refractivity contribution in [3.8, 4) is 0 Å². The van der Waals surface area contributed by atoms with Gasteiger partial charge in [0, 0.05) is 19.6 Å².